The Morgan fingerprint density at radius 2 is 1.94 bits per heavy atom. The average Bonchev–Trinajstić information content (AvgIpc) is 3.30. The number of aliphatic carboxylic acids is 1. The minimum Gasteiger partial charge on any atom is -0.481 e. The largest absolute Gasteiger partial charge is 0.481 e. The highest BCUT2D eigenvalue weighted by molar-refractivity contribution is 6.30. The van der Waals surface area contributed by atoms with E-state index in [-0.39, 0.29) is 18.2 Å². The van der Waals surface area contributed by atoms with Gasteiger partial charge in [0.05, 0.1) is 11.9 Å². The monoisotopic (exact) mass is 502 g/mol. The molecule has 1 atom stereocenters. The Morgan fingerprint density at radius 3 is 2.69 bits per heavy atom. The number of amides is 1. The number of carbonyl (C=O) groups excluding carboxylic acids is 1. The molecule has 0 saturated heterocycles. The first kappa shape index (κ1) is 24.0. The predicted molar refractivity (Wildman–Crippen MR) is 138 cm³/mol. The minimum absolute atomic E-state index is 0.0434. The summed E-state index contributed by atoms with van der Waals surface area (Å²) in [7, 11) is 0. The maximum atomic E-state index is 13.1. The van der Waals surface area contributed by atoms with E-state index in [1.165, 1.54) is 5.56 Å². The second-order valence-electron chi connectivity index (χ2n) is 9.22. The van der Waals surface area contributed by atoms with Crippen LogP contribution in [0.2, 0.25) is 5.02 Å². The first-order chi connectivity index (χ1) is 17.4. The smallest absolute Gasteiger partial charge is 0.304 e. The van der Waals surface area contributed by atoms with Crippen LogP contribution in [0.3, 0.4) is 0 Å². The van der Waals surface area contributed by atoms with Gasteiger partial charge in [-0.1, -0.05) is 47.1 Å². The Kier molecular flexibility index (Phi) is 6.49. The summed E-state index contributed by atoms with van der Waals surface area (Å²) in [6, 6.07) is 17.1. The van der Waals surface area contributed by atoms with Gasteiger partial charge in [0.2, 0.25) is 0 Å². The van der Waals surface area contributed by atoms with Gasteiger partial charge in [0.25, 0.3) is 5.91 Å². The summed E-state index contributed by atoms with van der Waals surface area (Å²) in [5, 5.41) is 18.9. The van der Waals surface area contributed by atoms with Gasteiger partial charge in [-0.25, -0.2) is 4.68 Å². The molecule has 0 saturated carbocycles. The van der Waals surface area contributed by atoms with E-state index < -0.39 is 5.97 Å². The summed E-state index contributed by atoms with van der Waals surface area (Å²) in [5.74, 6) is -1.27. The van der Waals surface area contributed by atoms with Crippen molar-refractivity contribution in [2.24, 2.45) is 0 Å². The molecule has 1 aromatic heterocycles. The van der Waals surface area contributed by atoms with Crippen LogP contribution in [-0.4, -0.2) is 43.4 Å². The molecule has 1 aliphatic heterocycles. The Morgan fingerprint density at radius 1 is 1.11 bits per heavy atom. The summed E-state index contributed by atoms with van der Waals surface area (Å²) in [4.78, 5) is 26.8. The average molecular weight is 503 g/mol. The number of hydrogen-bond donors (Lipinski definition) is 1. The van der Waals surface area contributed by atoms with Crippen LogP contribution in [0.25, 0.3) is 11.0 Å². The lowest BCUT2D eigenvalue weighted by Gasteiger charge is -2.30. The van der Waals surface area contributed by atoms with Crippen molar-refractivity contribution in [3.63, 3.8) is 0 Å². The molecule has 184 valence electrons. The van der Waals surface area contributed by atoms with E-state index in [1.807, 2.05) is 41.6 Å². The third kappa shape index (κ3) is 4.46. The number of rotatable bonds is 6. The van der Waals surface area contributed by atoms with Crippen molar-refractivity contribution in [2.45, 2.75) is 45.7 Å². The Hall–Kier alpha value is -3.71. The molecule has 8 heteroatoms. The van der Waals surface area contributed by atoms with Crippen molar-refractivity contribution in [2.75, 3.05) is 6.54 Å². The highest BCUT2D eigenvalue weighted by atomic mass is 35.5. The summed E-state index contributed by atoms with van der Waals surface area (Å²) in [5.41, 5.74) is 7.30. The van der Waals surface area contributed by atoms with E-state index in [2.05, 4.69) is 22.4 Å². The fourth-order valence-electron chi connectivity index (χ4n) is 5.15. The van der Waals surface area contributed by atoms with Crippen LogP contribution in [0.1, 0.15) is 57.4 Å². The molecule has 0 radical (unpaired) electrons. The molecular formula is C28H27ClN4O3. The van der Waals surface area contributed by atoms with Crippen molar-refractivity contribution in [1.29, 1.82) is 0 Å². The number of carboxylic acid groups (broad SMARTS) is 1. The molecule has 7 nitrogen and oxygen atoms in total. The molecule has 4 aromatic rings. The molecular weight excluding hydrogens is 476 g/mol. The zero-order valence-electron chi connectivity index (χ0n) is 20.2. The molecule has 1 unspecified atom stereocenters. The van der Waals surface area contributed by atoms with Crippen molar-refractivity contribution >= 4 is 34.5 Å². The van der Waals surface area contributed by atoms with Crippen LogP contribution >= 0.6 is 11.6 Å². The van der Waals surface area contributed by atoms with E-state index in [9.17, 15) is 14.7 Å². The van der Waals surface area contributed by atoms with E-state index in [0.29, 0.717) is 30.2 Å². The lowest BCUT2D eigenvalue weighted by molar-refractivity contribution is -0.137. The second kappa shape index (κ2) is 9.74. The topological polar surface area (TPSA) is 88.3 Å². The summed E-state index contributed by atoms with van der Waals surface area (Å²) >= 11 is 6.09. The highest BCUT2D eigenvalue weighted by Gasteiger charge is 2.26. The Bertz CT molecular complexity index is 1480. The van der Waals surface area contributed by atoms with E-state index in [1.54, 1.807) is 24.3 Å². The van der Waals surface area contributed by atoms with Crippen LogP contribution in [0, 0.1) is 6.92 Å². The number of aryl methyl sites for hydroxylation is 2. The van der Waals surface area contributed by atoms with Gasteiger partial charge in [-0.15, -0.1) is 5.10 Å². The number of carboxylic acids is 1. The molecule has 1 amide bonds. The maximum absolute atomic E-state index is 13.1. The van der Waals surface area contributed by atoms with Crippen molar-refractivity contribution in [3.05, 3.63) is 93.0 Å². The van der Waals surface area contributed by atoms with Crippen LogP contribution in [0.5, 0.6) is 0 Å². The van der Waals surface area contributed by atoms with Gasteiger partial charge in [-0.2, -0.15) is 0 Å². The Balaban J connectivity index is 1.50. The van der Waals surface area contributed by atoms with Gasteiger partial charge in [0.1, 0.15) is 5.52 Å². The fourth-order valence-corrected chi connectivity index (χ4v) is 5.34. The lowest BCUT2D eigenvalue weighted by Crippen LogP contribution is -2.36. The van der Waals surface area contributed by atoms with Crippen LogP contribution in [0.15, 0.2) is 54.6 Å². The maximum Gasteiger partial charge on any atom is 0.304 e. The number of nitrogens with zero attached hydrogens (tertiary/aromatic N) is 4. The molecule has 0 bridgehead atoms. The zero-order chi connectivity index (χ0) is 25.4. The fraction of sp³-hybridized carbons (Fsp3) is 0.286. The van der Waals surface area contributed by atoms with E-state index in [4.69, 9.17) is 11.6 Å². The standard InChI is InChI=1S/C28H27ClN4O3/c1-3-33-25-10-9-23(17(2)27(25)30-31-33)24(15-26(34)35)19-8-7-18-11-12-32(16-21(18)13-19)28(36)20-5-4-6-22(29)14-20/h4-10,13-14,24H,3,11-12,15-16H2,1-2H3,(H,34,35). The second-order valence-corrected chi connectivity index (χ2v) is 9.65. The number of halogens is 1. The SMILES string of the molecule is CCn1nnc2c(C)c(C(CC(=O)O)c3ccc4c(c3)CN(C(=O)c3cccc(Cl)c3)CC4)ccc21. The lowest BCUT2D eigenvalue weighted by atomic mass is 9.83. The summed E-state index contributed by atoms with van der Waals surface area (Å²) < 4.78 is 1.84. The van der Waals surface area contributed by atoms with Gasteiger partial charge < -0.3 is 10.0 Å². The first-order valence-electron chi connectivity index (χ1n) is 12.1. The van der Waals surface area contributed by atoms with Crippen molar-refractivity contribution in [3.8, 4) is 0 Å². The molecule has 0 fully saturated rings. The number of carbonyl (C=O) groups is 2. The third-order valence-electron chi connectivity index (χ3n) is 7.04. The highest BCUT2D eigenvalue weighted by Crippen LogP contribution is 2.35. The molecule has 0 spiro atoms. The first-order valence-corrected chi connectivity index (χ1v) is 12.4. The molecule has 1 aliphatic rings. The predicted octanol–water partition coefficient (Wildman–Crippen LogP) is 5.22. The van der Waals surface area contributed by atoms with Gasteiger partial charge in [0.15, 0.2) is 0 Å². The molecule has 2 heterocycles. The molecule has 36 heavy (non-hydrogen) atoms. The van der Waals surface area contributed by atoms with Crippen molar-refractivity contribution in [1.82, 2.24) is 19.9 Å². The molecule has 3 aromatic carbocycles. The number of hydrogen-bond acceptors (Lipinski definition) is 4. The quantitative estimate of drug-likeness (QED) is 0.390. The van der Waals surface area contributed by atoms with Gasteiger partial charge >= 0.3 is 5.97 Å². The van der Waals surface area contributed by atoms with Gasteiger partial charge in [-0.3, -0.25) is 9.59 Å². The number of fused-ring (bicyclic) bond motifs is 2. The number of aromatic nitrogens is 3. The molecule has 1 N–H and O–H groups in total. The van der Waals surface area contributed by atoms with Crippen LogP contribution in [0.4, 0.5) is 0 Å². The molecule has 5 rings (SSSR count). The normalized spacial score (nSPS) is 14.0. The van der Waals surface area contributed by atoms with Crippen LogP contribution < -0.4 is 0 Å². The zero-order valence-corrected chi connectivity index (χ0v) is 21.0. The number of benzene rings is 3. The third-order valence-corrected chi connectivity index (χ3v) is 7.27. The minimum atomic E-state index is -0.868. The van der Waals surface area contributed by atoms with Gasteiger partial charge in [-0.05, 0) is 72.4 Å². The molecule has 0 aliphatic carbocycles. The summed E-state index contributed by atoms with van der Waals surface area (Å²) in [6.07, 6.45) is 0.703. The Labute approximate surface area is 214 Å². The van der Waals surface area contributed by atoms with Gasteiger partial charge in [0, 0.05) is 36.1 Å². The summed E-state index contributed by atoms with van der Waals surface area (Å²) in [6.45, 7) is 5.79. The van der Waals surface area contributed by atoms with E-state index >= 15 is 0 Å². The van der Waals surface area contributed by atoms with Crippen LogP contribution in [-0.2, 0) is 24.3 Å². The van der Waals surface area contributed by atoms with E-state index in [0.717, 1.165) is 39.7 Å². The van der Waals surface area contributed by atoms with Crippen molar-refractivity contribution < 1.29 is 14.7 Å².